The fourth-order valence-corrected chi connectivity index (χ4v) is 3.00. The Balaban J connectivity index is 1.55. The van der Waals surface area contributed by atoms with Gasteiger partial charge >= 0.3 is 0 Å². The molecule has 2 aromatic carbocycles. The molecule has 0 radical (unpaired) electrons. The van der Waals surface area contributed by atoms with E-state index in [1.165, 1.54) is 12.3 Å². The fourth-order valence-electron chi connectivity index (χ4n) is 3.00. The van der Waals surface area contributed by atoms with Crippen LogP contribution in [0.25, 0.3) is 11.3 Å². The van der Waals surface area contributed by atoms with Crippen LogP contribution in [0.2, 0.25) is 0 Å². The highest BCUT2D eigenvalue weighted by atomic mass is 19.1. The van der Waals surface area contributed by atoms with Crippen LogP contribution in [-0.2, 0) is 24.3 Å². The molecule has 0 unspecified atom stereocenters. The van der Waals surface area contributed by atoms with E-state index in [1.54, 1.807) is 0 Å². The highest BCUT2D eigenvalue weighted by Gasteiger charge is 2.16. The lowest BCUT2D eigenvalue weighted by atomic mass is 10.1. The molecule has 1 aromatic heterocycles. The van der Waals surface area contributed by atoms with Gasteiger partial charge in [0.05, 0.1) is 11.8 Å². The molecule has 3 rings (SSSR count). The summed E-state index contributed by atoms with van der Waals surface area (Å²) in [5, 5.41) is 2.89. The highest BCUT2D eigenvalue weighted by Crippen LogP contribution is 2.26. The van der Waals surface area contributed by atoms with Gasteiger partial charge in [-0.3, -0.25) is 4.79 Å². The van der Waals surface area contributed by atoms with Crippen LogP contribution in [0, 0.1) is 11.6 Å². The van der Waals surface area contributed by atoms with E-state index < -0.39 is 11.6 Å². The molecule has 0 atom stereocenters. The molecule has 0 aliphatic carbocycles. The van der Waals surface area contributed by atoms with E-state index in [-0.39, 0.29) is 36.0 Å². The van der Waals surface area contributed by atoms with Gasteiger partial charge < -0.3 is 14.6 Å². The largest absolute Gasteiger partial charge is 0.441 e. The second-order valence-electron chi connectivity index (χ2n) is 7.00. The summed E-state index contributed by atoms with van der Waals surface area (Å²) in [4.78, 5) is 18.3. The number of hydrogen-bond acceptors (Lipinski definition) is 4. The van der Waals surface area contributed by atoms with Crippen LogP contribution in [0.1, 0.15) is 23.4 Å². The van der Waals surface area contributed by atoms with Crippen molar-refractivity contribution in [2.75, 3.05) is 14.1 Å². The first-order valence-corrected chi connectivity index (χ1v) is 9.31. The Hall–Kier alpha value is -3.06. The second-order valence-corrected chi connectivity index (χ2v) is 7.00. The molecular formula is C22H23F2N3O2. The maximum Gasteiger partial charge on any atom is 0.220 e. The number of carbonyl (C=O) groups is 1. The molecular weight excluding hydrogens is 376 g/mol. The average Bonchev–Trinajstić information content (AvgIpc) is 3.13. The topological polar surface area (TPSA) is 58.4 Å². The number of carbonyl (C=O) groups excluding carboxylic acids is 1. The normalized spacial score (nSPS) is 11.1. The Labute approximate surface area is 168 Å². The molecule has 0 aliphatic heterocycles. The van der Waals surface area contributed by atoms with Gasteiger partial charge in [0.25, 0.3) is 0 Å². The second kappa shape index (κ2) is 9.43. The van der Waals surface area contributed by atoms with E-state index in [0.29, 0.717) is 6.54 Å². The first-order chi connectivity index (χ1) is 13.9. The van der Waals surface area contributed by atoms with Gasteiger partial charge in [-0.1, -0.05) is 30.3 Å². The maximum atomic E-state index is 13.8. The van der Waals surface area contributed by atoms with Gasteiger partial charge in [0.2, 0.25) is 5.91 Å². The number of aromatic nitrogens is 1. The number of amides is 1. The zero-order chi connectivity index (χ0) is 20.8. The van der Waals surface area contributed by atoms with Gasteiger partial charge in [-0.25, -0.2) is 13.8 Å². The van der Waals surface area contributed by atoms with Crippen LogP contribution in [-0.4, -0.2) is 29.9 Å². The number of halogens is 2. The molecule has 0 aliphatic rings. The summed E-state index contributed by atoms with van der Waals surface area (Å²) in [6.07, 6.45) is 1.67. The Morgan fingerprint density at radius 3 is 2.45 bits per heavy atom. The number of nitrogens with one attached hydrogen (secondary N) is 1. The molecule has 0 saturated carbocycles. The lowest BCUT2D eigenvalue weighted by molar-refractivity contribution is -0.121. The summed E-state index contributed by atoms with van der Waals surface area (Å²) < 4.78 is 33.1. The molecule has 0 bridgehead atoms. The van der Waals surface area contributed by atoms with Crippen LogP contribution in [0.4, 0.5) is 8.78 Å². The zero-order valence-corrected chi connectivity index (χ0v) is 16.4. The Bertz CT molecular complexity index is 965. The van der Waals surface area contributed by atoms with Crippen molar-refractivity contribution in [1.82, 2.24) is 15.2 Å². The minimum atomic E-state index is -0.721. The van der Waals surface area contributed by atoms with Gasteiger partial charge in [-0.05, 0) is 37.4 Å². The van der Waals surface area contributed by atoms with Crippen molar-refractivity contribution < 1.29 is 18.0 Å². The van der Waals surface area contributed by atoms with Gasteiger partial charge in [0.15, 0.2) is 11.7 Å². The predicted molar refractivity (Wildman–Crippen MR) is 106 cm³/mol. The van der Waals surface area contributed by atoms with Crippen molar-refractivity contribution in [3.05, 3.63) is 77.3 Å². The lowest BCUT2D eigenvalue weighted by Gasteiger charge is -2.14. The third-order valence-electron chi connectivity index (χ3n) is 4.41. The third-order valence-corrected chi connectivity index (χ3v) is 4.41. The van der Waals surface area contributed by atoms with E-state index in [1.807, 2.05) is 38.4 Å². The van der Waals surface area contributed by atoms with Gasteiger partial charge in [-0.2, -0.15) is 0 Å². The number of benzene rings is 2. The minimum absolute atomic E-state index is 0.00798. The summed E-state index contributed by atoms with van der Waals surface area (Å²) in [7, 11) is 3.99. The van der Waals surface area contributed by atoms with Crippen molar-refractivity contribution in [3.8, 4) is 11.3 Å². The quantitative estimate of drug-likeness (QED) is 0.624. The van der Waals surface area contributed by atoms with E-state index in [2.05, 4.69) is 15.2 Å². The van der Waals surface area contributed by atoms with Gasteiger partial charge in [0, 0.05) is 25.9 Å². The standard InChI is InChI=1S/C22H23F2N3O2/c1-27(2)14-16-7-4-3-6-15(16)12-25-20(28)10-11-21-26-13-19(29-21)22-17(23)8-5-9-18(22)24/h3-9,13H,10-12,14H2,1-2H3,(H,25,28). The van der Waals surface area contributed by atoms with Crippen LogP contribution in [0.15, 0.2) is 53.1 Å². The molecule has 29 heavy (non-hydrogen) atoms. The molecule has 0 saturated heterocycles. The smallest absolute Gasteiger partial charge is 0.220 e. The van der Waals surface area contributed by atoms with Gasteiger partial charge in [0.1, 0.15) is 11.6 Å². The van der Waals surface area contributed by atoms with Crippen LogP contribution >= 0.6 is 0 Å². The van der Waals surface area contributed by atoms with Crippen LogP contribution < -0.4 is 5.32 Å². The Morgan fingerprint density at radius 2 is 1.76 bits per heavy atom. The molecule has 3 aromatic rings. The SMILES string of the molecule is CN(C)Cc1ccccc1CNC(=O)CCc1ncc(-c2c(F)cccc2F)o1. The third kappa shape index (κ3) is 5.48. The predicted octanol–water partition coefficient (Wildman–Crippen LogP) is 3.93. The summed E-state index contributed by atoms with van der Waals surface area (Å²) in [5.41, 5.74) is 1.96. The lowest BCUT2D eigenvalue weighted by Crippen LogP contribution is -2.24. The van der Waals surface area contributed by atoms with Crippen molar-refractivity contribution in [3.63, 3.8) is 0 Å². The van der Waals surface area contributed by atoms with E-state index in [0.717, 1.165) is 29.8 Å². The molecule has 1 amide bonds. The molecule has 1 N–H and O–H groups in total. The van der Waals surface area contributed by atoms with Crippen molar-refractivity contribution in [1.29, 1.82) is 0 Å². The molecule has 0 fully saturated rings. The first kappa shape index (κ1) is 20.7. The van der Waals surface area contributed by atoms with Crippen LogP contribution in [0.5, 0.6) is 0 Å². The van der Waals surface area contributed by atoms with Gasteiger partial charge in [-0.15, -0.1) is 0 Å². The molecule has 0 spiro atoms. The monoisotopic (exact) mass is 399 g/mol. The fraction of sp³-hybridized carbons (Fsp3) is 0.273. The van der Waals surface area contributed by atoms with E-state index in [4.69, 9.17) is 4.42 Å². The number of oxazole rings is 1. The van der Waals surface area contributed by atoms with Crippen molar-refractivity contribution >= 4 is 5.91 Å². The average molecular weight is 399 g/mol. The maximum absolute atomic E-state index is 13.8. The number of rotatable bonds is 8. The summed E-state index contributed by atoms with van der Waals surface area (Å²) >= 11 is 0. The minimum Gasteiger partial charge on any atom is -0.441 e. The number of hydrogen-bond donors (Lipinski definition) is 1. The molecule has 7 heteroatoms. The van der Waals surface area contributed by atoms with E-state index in [9.17, 15) is 13.6 Å². The van der Waals surface area contributed by atoms with Crippen molar-refractivity contribution in [2.24, 2.45) is 0 Å². The Morgan fingerprint density at radius 1 is 1.07 bits per heavy atom. The van der Waals surface area contributed by atoms with E-state index >= 15 is 0 Å². The summed E-state index contributed by atoms with van der Waals surface area (Å²) in [6.45, 7) is 1.22. The molecule has 1 heterocycles. The molecule has 152 valence electrons. The summed E-state index contributed by atoms with van der Waals surface area (Å²) in [6, 6.07) is 11.5. The van der Waals surface area contributed by atoms with Crippen LogP contribution in [0.3, 0.4) is 0 Å². The zero-order valence-electron chi connectivity index (χ0n) is 16.4. The number of aryl methyl sites for hydroxylation is 1. The van der Waals surface area contributed by atoms with Crippen molar-refractivity contribution in [2.45, 2.75) is 25.9 Å². The Kier molecular flexibility index (Phi) is 6.72. The number of nitrogens with zero attached hydrogens (tertiary/aromatic N) is 2. The molecule has 5 nitrogen and oxygen atoms in total. The first-order valence-electron chi connectivity index (χ1n) is 9.31. The highest BCUT2D eigenvalue weighted by molar-refractivity contribution is 5.76. The summed E-state index contributed by atoms with van der Waals surface area (Å²) in [5.74, 6) is -1.33.